The smallest absolute Gasteiger partial charge is 0.395 e. The average molecular weight is 286 g/mol. The van der Waals surface area contributed by atoms with Crippen molar-refractivity contribution >= 4 is 0 Å². The van der Waals surface area contributed by atoms with Gasteiger partial charge in [0.2, 0.25) is 0 Å². The Labute approximate surface area is 116 Å². The molecule has 3 nitrogen and oxygen atoms in total. The molecule has 0 heterocycles. The summed E-state index contributed by atoms with van der Waals surface area (Å²) >= 11 is 0. The summed E-state index contributed by atoms with van der Waals surface area (Å²) in [7, 11) is 0. The molecule has 0 unspecified atom stereocenters. The monoisotopic (exact) mass is 286 g/mol. The van der Waals surface area contributed by atoms with E-state index in [1.54, 1.807) is 24.3 Å². The van der Waals surface area contributed by atoms with E-state index in [-0.39, 0.29) is 26.2 Å². The zero-order chi connectivity index (χ0) is 15.0. The topological polar surface area (TPSA) is 49.5 Å². The molecular weight excluding hydrogens is 269 g/mol. The van der Waals surface area contributed by atoms with Gasteiger partial charge in [-0.1, -0.05) is 24.0 Å². The zero-order valence-electron chi connectivity index (χ0n) is 11.0. The first-order valence-electron chi connectivity index (χ1n) is 6.12. The minimum atomic E-state index is -4.28. The van der Waals surface area contributed by atoms with E-state index >= 15 is 0 Å². The molecule has 3 N–H and O–H groups in total. The SMILES string of the molecule is NCC#Cc1ccc(CN(CCO)CC(F)(F)F)cc1. The third-order valence-corrected chi connectivity index (χ3v) is 2.51. The fourth-order valence-corrected chi connectivity index (χ4v) is 1.71. The molecule has 0 saturated heterocycles. The van der Waals surface area contributed by atoms with Crippen LogP contribution in [0.3, 0.4) is 0 Å². The van der Waals surface area contributed by atoms with E-state index in [0.29, 0.717) is 0 Å². The third kappa shape index (κ3) is 6.57. The zero-order valence-corrected chi connectivity index (χ0v) is 11.0. The molecule has 0 radical (unpaired) electrons. The normalized spacial score (nSPS) is 11.3. The van der Waals surface area contributed by atoms with Crippen molar-refractivity contribution in [3.8, 4) is 11.8 Å². The molecule has 0 aliphatic carbocycles. The van der Waals surface area contributed by atoms with Crippen molar-refractivity contribution in [1.82, 2.24) is 4.90 Å². The van der Waals surface area contributed by atoms with Crippen LogP contribution >= 0.6 is 0 Å². The lowest BCUT2D eigenvalue weighted by molar-refractivity contribution is -0.147. The molecule has 0 aromatic heterocycles. The number of rotatable bonds is 5. The van der Waals surface area contributed by atoms with Crippen molar-refractivity contribution in [2.75, 3.05) is 26.2 Å². The van der Waals surface area contributed by atoms with Crippen molar-refractivity contribution in [2.45, 2.75) is 12.7 Å². The highest BCUT2D eigenvalue weighted by atomic mass is 19.4. The van der Waals surface area contributed by atoms with Crippen LogP contribution in [-0.2, 0) is 6.54 Å². The molecule has 0 aliphatic rings. The van der Waals surface area contributed by atoms with Gasteiger partial charge in [-0.05, 0) is 17.7 Å². The van der Waals surface area contributed by atoms with Gasteiger partial charge in [-0.3, -0.25) is 4.90 Å². The number of hydrogen-bond acceptors (Lipinski definition) is 3. The Hall–Kier alpha value is -1.55. The summed E-state index contributed by atoms with van der Waals surface area (Å²) in [6.45, 7) is -0.977. The van der Waals surface area contributed by atoms with Crippen LogP contribution in [0.1, 0.15) is 11.1 Å². The van der Waals surface area contributed by atoms with Crippen molar-refractivity contribution in [2.24, 2.45) is 5.73 Å². The number of aliphatic hydroxyl groups excluding tert-OH is 1. The van der Waals surface area contributed by atoms with Crippen molar-refractivity contribution in [3.63, 3.8) is 0 Å². The number of alkyl halides is 3. The molecule has 0 bridgehead atoms. The predicted molar refractivity (Wildman–Crippen MR) is 70.8 cm³/mol. The Morgan fingerprint density at radius 3 is 2.35 bits per heavy atom. The number of halogens is 3. The Morgan fingerprint density at radius 1 is 1.20 bits per heavy atom. The maximum absolute atomic E-state index is 12.4. The molecule has 1 rings (SSSR count). The first-order chi connectivity index (χ1) is 9.44. The number of benzene rings is 1. The van der Waals surface area contributed by atoms with E-state index in [1.165, 1.54) is 0 Å². The second-order valence-corrected chi connectivity index (χ2v) is 4.25. The largest absolute Gasteiger partial charge is 0.401 e. The summed E-state index contributed by atoms with van der Waals surface area (Å²) in [4.78, 5) is 1.15. The van der Waals surface area contributed by atoms with Gasteiger partial charge in [-0.2, -0.15) is 13.2 Å². The molecular formula is C14H17F3N2O. The second-order valence-electron chi connectivity index (χ2n) is 4.25. The number of aliphatic hydroxyl groups is 1. The number of nitrogens with two attached hydrogens (primary N) is 1. The molecule has 0 atom stereocenters. The predicted octanol–water partition coefficient (Wildman–Crippen LogP) is 1.35. The van der Waals surface area contributed by atoms with Crippen LogP contribution in [0.4, 0.5) is 13.2 Å². The first kappa shape index (κ1) is 16.5. The van der Waals surface area contributed by atoms with Gasteiger partial charge in [-0.15, -0.1) is 0 Å². The fraction of sp³-hybridized carbons (Fsp3) is 0.429. The summed E-state index contributed by atoms with van der Waals surface area (Å²) < 4.78 is 37.1. The molecule has 20 heavy (non-hydrogen) atoms. The Morgan fingerprint density at radius 2 is 1.85 bits per heavy atom. The van der Waals surface area contributed by atoms with E-state index in [1.807, 2.05) is 0 Å². The van der Waals surface area contributed by atoms with Gasteiger partial charge in [-0.25, -0.2) is 0 Å². The molecule has 110 valence electrons. The Kier molecular flexibility index (Phi) is 6.52. The highest BCUT2D eigenvalue weighted by Crippen LogP contribution is 2.18. The van der Waals surface area contributed by atoms with E-state index in [9.17, 15) is 13.2 Å². The van der Waals surface area contributed by atoms with Crippen LogP contribution in [0.25, 0.3) is 0 Å². The minimum absolute atomic E-state index is 0.0196. The molecule has 0 saturated carbocycles. The average Bonchev–Trinajstić information content (AvgIpc) is 2.36. The minimum Gasteiger partial charge on any atom is -0.395 e. The number of hydrogen-bond donors (Lipinski definition) is 2. The van der Waals surface area contributed by atoms with E-state index in [2.05, 4.69) is 11.8 Å². The van der Waals surface area contributed by atoms with Crippen LogP contribution in [0.2, 0.25) is 0 Å². The van der Waals surface area contributed by atoms with Gasteiger partial charge in [0, 0.05) is 18.7 Å². The van der Waals surface area contributed by atoms with Crippen LogP contribution in [-0.4, -0.2) is 42.4 Å². The van der Waals surface area contributed by atoms with Crippen molar-refractivity contribution in [1.29, 1.82) is 0 Å². The van der Waals surface area contributed by atoms with Crippen LogP contribution in [0.5, 0.6) is 0 Å². The molecule has 6 heteroatoms. The molecule has 0 spiro atoms. The lowest BCUT2D eigenvalue weighted by atomic mass is 10.1. The van der Waals surface area contributed by atoms with Crippen LogP contribution < -0.4 is 5.73 Å². The molecule has 0 aliphatic heterocycles. The third-order valence-electron chi connectivity index (χ3n) is 2.51. The van der Waals surface area contributed by atoms with Crippen LogP contribution in [0.15, 0.2) is 24.3 Å². The van der Waals surface area contributed by atoms with E-state index in [4.69, 9.17) is 10.8 Å². The van der Waals surface area contributed by atoms with Gasteiger partial charge >= 0.3 is 6.18 Å². The second kappa shape index (κ2) is 7.90. The molecule has 0 amide bonds. The quantitative estimate of drug-likeness (QED) is 0.803. The summed E-state index contributed by atoms with van der Waals surface area (Å²) in [5.74, 6) is 5.54. The first-order valence-corrected chi connectivity index (χ1v) is 6.12. The van der Waals surface area contributed by atoms with Gasteiger partial charge in [0.05, 0.1) is 19.7 Å². The summed E-state index contributed by atoms with van der Waals surface area (Å²) in [6, 6.07) is 6.92. The van der Waals surface area contributed by atoms with Crippen molar-refractivity contribution < 1.29 is 18.3 Å². The highest BCUT2D eigenvalue weighted by molar-refractivity contribution is 5.36. The van der Waals surface area contributed by atoms with E-state index < -0.39 is 12.7 Å². The molecule has 1 aromatic carbocycles. The van der Waals surface area contributed by atoms with Crippen LogP contribution in [0, 0.1) is 11.8 Å². The van der Waals surface area contributed by atoms with Gasteiger partial charge in [0.15, 0.2) is 0 Å². The Balaban J connectivity index is 2.68. The maximum atomic E-state index is 12.4. The highest BCUT2D eigenvalue weighted by Gasteiger charge is 2.30. The van der Waals surface area contributed by atoms with Gasteiger partial charge < -0.3 is 10.8 Å². The molecule has 0 fully saturated rings. The lowest BCUT2D eigenvalue weighted by Gasteiger charge is -2.22. The van der Waals surface area contributed by atoms with Gasteiger partial charge in [0.25, 0.3) is 0 Å². The molecule has 1 aromatic rings. The Bertz CT molecular complexity index is 460. The lowest BCUT2D eigenvalue weighted by Crippen LogP contribution is -2.35. The van der Waals surface area contributed by atoms with Gasteiger partial charge in [0.1, 0.15) is 0 Å². The van der Waals surface area contributed by atoms with E-state index in [0.717, 1.165) is 16.0 Å². The summed E-state index contributed by atoms with van der Waals surface area (Å²) in [5.41, 5.74) is 6.76. The fourth-order valence-electron chi connectivity index (χ4n) is 1.71. The summed E-state index contributed by atoms with van der Waals surface area (Å²) in [5, 5.41) is 8.81. The standard InChI is InChI=1S/C14H17F3N2O/c15-14(16,17)11-19(8-9-20)10-13-5-3-12(4-6-13)2-1-7-18/h3-6,20H,7-11,18H2. The maximum Gasteiger partial charge on any atom is 0.401 e. The summed E-state index contributed by atoms with van der Waals surface area (Å²) in [6.07, 6.45) is -4.28. The van der Waals surface area contributed by atoms with Crippen molar-refractivity contribution in [3.05, 3.63) is 35.4 Å². The number of nitrogens with zero attached hydrogens (tertiary/aromatic N) is 1.